The van der Waals surface area contributed by atoms with Gasteiger partial charge in [0.2, 0.25) is 0 Å². The fraction of sp³-hybridized carbons (Fsp3) is 0.471. The van der Waals surface area contributed by atoms with Crippen molar-refractivity contribution in [2.75, 3.05) is 0 Å². The van der Waals surface area contributed by atoms with Gasteiger partial charge < -0.3 is 5.73 Å². The molecule has 3 rings (SSSR count). The van der Waals surface area contributed by atoms with Crippen LogP contribution in [0.25, 0.3) is 11.3 Å². The van der Waals surface area contributed by atoms with E-state index in [1.165, 1.54) is 36.1 Å². The van der Waals surface area contributed by atoms with Gasteiger partial charge in [-0.3, -0.25) is 0 Å². The minimum atomic E-state index is -0.209. The van der Waals surface area contributed by atoms with Crippen molar-refractivity contribution in [3.05, 3.63) is 38.6 Å². The predicted octanol–water partition coefficient (Wildman–Crippen LogP) is 5.39. The summed E-state index contributed by atoms with van der Waals surface area (Å²) in [6.45, 7) is 2.15. The number of thiazole rings is 1. The maximum Gasteiger partial charge on any atom is 0.113 e. The van der Waals surface area contributed by atoms with Crippen molar-refractivity contribution in [3.8, 4) is 11.3 Å². The first-order valence-corrected chi connectivity index (χ1v) is 9.22. The molecule has 0 saturated heterocycles. The van der Waals surface area contributed by atoms with Crippen molar-refractivity contribution in [1.29, 1.82) is 0 Å². The summed E-state index contributed by atoms with van der Waals surface area (Å²) in [5.41, 5.74) is 8.77. The third-order valence-corrected chi connectivity index (χ3v) is 6.06. The summed E-state index contributed by atoms with van der Waals surface area (Å²) in [5, 5.41) is 1.12. The number of hydrogen-bond donors (Lipinski definition) is 1. The van der Waals surface area contributed by atoms with Crippen LogP contribution in [-0.2, 0) is 5.54 Å². The maximum atomic E-state index is 6.71. The number of nitrogens with two attached hydrogens (primary N) is 1. The molecule has 0 radical (unpaired) electrons. The van der Waals surface area contributed by atoms with E-state index in [1.54, 1.807) is 11.3 Å². The van der Waals surface area contributed by atoms with Crippen LogP contribution in [0.15, 0.2) is 28.7 Å². The number of nitrogens with zero attached hydrogens (tertiary/aromatic N) is 1. The molecule has 1 aromatic carbocycles. The zero-order chi connectivity index (χ0) is 14.9. The van der Waals surface area contributed by atoms with Crippen molar-refractivity contribution in [1.82, 2.24) is 4.98 Å². The van der Waals surface area contributed by atoms with Crippen LogP contribution in [-0.4, -0.2) is 4.98 Å². The van der Waals surface area contributed by atoms with Crippen LogP contribution in [0.1, 0.15) is 48.4 Å². The van der Waals surface area contributed by atoms with Crippen molar-refractivity contribution in [2.45, 2.75) is 51.0 Å². The Morgan fingerprint density at radius 2 is 1.71 bits per heavy atom. The highest BCUT2D eigenvalue weighted by atomic mass is 79.9. The summed E-state index contributed by atoms with van der Waals surface area (Å²) >= 11 is 5.26. The molecule has 1 saturated carbocycles. The number of hydrogen-bond acceptors (Lipinski definition) is 3. The third kappa shape index (κ3) is 3.22. The molecule has 1 aliphatic carbocycles. The normalized spacial score (nSPS) is 18.4. The molecule has 21 heavy (non-hydrogen) atoms. The monoisotopic (exact) mass is 364 g/mol. The SMILES string of the molecule is Cc1sc(C2(N)CCCCCC2)nc1-c1ccc(Br)cc1. The molecular weight excluding hydrogens is 344 g/mol. The second-order valence-electron chi connectivity index (χ2n) is 6.00. The second kappa shape index (κ2) is 6.19. The van der Waals surface area contributed by atoms with Gasteiger partial charge in [-0.05, 0) is 31.9 Å². The Morgan fingerprint density at radius 1 is 1.10 bits per heavy atom. The molecule has 1 fully saturated rings. The molecule has 1 aliphatic rings. The summed E-state index contributed by atoms with van der Waals surface area (Å²) in [5.74, 6) is 0. The van der Waals surface area contributed by atoms with E-state index in [1.807, 2.05) is 0 Å². The first-order chi connectivity index (χ1) is 10.1. The van der Waals surface area contributed by atoms with Gasteiger partial charge in [0.1, 0.15) is 5.01 Å². The van der Waals surface area contributed by atoms with E-state index >= 15 is 0 Å². The van der Waals surface area contributed by atoms with E-state index in [0.717, 1.165) is 28.0 Å². The number of rotatable bonds is 2. The van der Waals surface area contributed by atoms with Crippen molar-refractivity contribution in [2.24, 2.45) is 5.73 Å². The lowest BCUT2D eigenvalue weighted by Crippen LogP contribution is -2.35. The zero-order valence-corrected chi connectivity index (χ0v) is 14.8. The van der Waals surface area contributed by atoms with Gasteiger partial charge in [-0.15, -0.1) is 11.3 Å². The van der Waals surface area contributed by atoms with Gasteiger partial charge in [0.05, 0.1) is 11.2 Å². The quantitative estimate of drug-likeness (QED) is 0.725. The van der Waals surface area contributed by atoms with E-state index in [2.05, 4.69) is 47.1 Å². The van der Waals surface area contributed by atoms with Crippen molar-refractivity contribution in [3.63, 3.8) is 0 Å². The van der Waals surface area contributed by atoms with Gasteiger partial charge in [0.25, 0.3) is 0 Å². The number of aryl methyl sites for hydroxylation is 1. The van der Waals surface area contributed by atoms with Gasteiger partial charge in [-0.2, -0.15) is 0 Å². The fourth-order valence-electron chi connectivity index (χ4n) is 3.06. The lowest BCUT2D eigenvalue weighted by molar-refractivity contribution is 0.384. The van der Waals surface area contributed by atoms with E-state index in [4.69, 9.17) is 10.7 Å². The molecule has 0 aliphatic heterocycles. The average Bonchev–Trinajstić information content (AvgIpc) is 2.72. The number of halogens is 1. The molecule has 1 aromatic heterocycles. The predicted molar refractivity (Wildman–Crippen MR) is 93.6 cm³/mol. The molecule has 2 aromatic rings. The summed E-state index contributed by atoms with van der Waals surface area (Å²) in [6, 6.07) is 8.37. The molecule has 0 bridgehead atoms. The Balaban J connectivity index is 1.95. The van der Waals surface area contributed by atoms with Crippen LogP contribution >= 0.6 is 27.3 Å². The van der Waals surface area contributed by atoms with Crippen molar-refractivity contribution >= 4 is 27.3 Å². The molecule has 2 nitrogen and oxygen atoms in total. The largest absolute Gasteiger partial charge is 0.319 e. The number of aromatic nitrogens is 1. The number of benzene rings is 1. The Morgan fingerprint density at radius 3 is 2.33 bits per heavy atom. The Labute approximate surface area is 138 Å². The summed E-state index contributed by atoms with van der Waals surface area (Å²) in [6.07, 6.45) is 7.21. The summed E-state index contributed by atoms with van der Waals surface area (Å²) in [4.78, 5) is 6.19. The highest BCUT2D eigenvalue weighted by molar-refractivity contribution is 9.10. The Bertz CT molecular complexity index is 610. The van der Waals surface area contributed by atoms with Gasteiger partial charge in [0.15, 0.2) is 0 Å². The topological polar surface area (TPSA) is 38.9 Å². The standard InChI is InChI=1S/C17H21BrN2S/c1-12-15(13-6-8-14(18)9-7-13)20-16(21-12)17(19)10-4-2-3-5-11-17/h6-9H,2-5,10-11,19H2,1H3. The van der Waals surface area contributed by atoms with Gasteiger partial charge in [0, 0.05) is 14.9 Å². The zero-order valence-electron chi connectivity index (χ0n) is 12.4. The minimum Gasteiger partial charge on any atom is -0.319 e. The van der Waals surface area contributed by atoms with E-state index in [-0.39, 0.29) is 5.54 Å². The average molecular weight is 365 g/mol. The van der Waals surface area contributed by atoms with E-state index < -0.39 is 0 Å². The van der Waals surface area contributed by atoms with E-state index in [0.29, 0.717) is 0 Å². The molecule has 0 spiro atoms. The fourth-order valence-corrected chi connectivity index (χ4v) is 4.42. The molecule has 2 N–H and O–H groups in total. The molecule has 0 atom stereocenters. The smallest absolute Gasteiger partial charge is 0.113 e. The first-order valence-electron chi connectivity index (χ1n) is 7.61. The summed E-state index contributed by atoms with van der Waals surface area (Å²) in [7, 11) is 0. The molecule has 112 valence electrons. The van der Waals surface area contributed by atoms with Crippen LogP contribution in [0.5, 0.6) is 0 Å². The van der Waals surface area contributed by atoms with Crippen molar-refractivity contribution < 1.29 is 0 Å². The maximum absolute atomic E-state index is 6.71. The van der Waals surface area contributed by atoms with Crippen LogP contribution in [0, 0.1) is 6.92 Å². The van der Waals surface area contributed by atoms with Gasteiger partial charge in [-0.1, -0.05) is 53.7 Å². The molecule has 0 amide bonds. The van der Waals surface area contributed by atoms with Crippen LogP contribution < -0.4 is 5.73 Å². The summed E-state index contributed by atoms with van der Waals surface area (Å²) < 4.78 is 1.10. The Hall–Kier alpha value is -0.710. The first kappa shape index (κ1) is 15.2. The molecule has 4 heteroatoms. The lowest BCUT2D eigenvalue weighted by Gasteiger charge is -2.25. The highest BCUT2D eigenvalue weighted by Crippen LogP contribution is 2.39. The van der Waals surface area contributed by atoms with Crippen LogP contribution in [0.2, 0.25) is 0 Å². The van der Waals surface area contributed by atoms with Gasteiger partial charge >= 0.3 is 0 Å². The minimum absolute atomic E-state index is 0.209. The lowest BCUT2D eigenvalue weighted by atomic mass is 9.92. The Kier molecular flexibility index (Phi) is 4.48. The third-order valence-electron chi connectivity index (χ3n) is 4.34. The highest BCUT2D eigenvalue weighted by Gasteiger charge is 2.32. The molecular formula is C17H21BrN2S. The second-order valence-corrected chi connectivity index (χ2v) is 8.12. The molecule has 1 heterocycles. The van der Waals surface area contributed by atoms with Crippen LogP contribution in [0.3, 0.4) is 0 Å². The van der Waals surface area contributed by atoms with Gasteiger partial charge in [-0.25, -0.2) is 4.98 Å². The molecule has 0 unspecified atom stereocenters. The van der Waals surface area contributed by atoms with E-state index in [9.17, 15) is 0 Å². The van der Waals surface area contributed by atoms with Crippen LogP contribution in [0.4, 0.5) is 0 Å².